The largest absolute Gasteiger partial charge is 0.276 e. The lowest BCUT2D eigenvalue weighted by atomic mass is 9.94. The average molecular weight is 447 g/mol. The van der Waals surface area contributed by atoms with Crippen molar-refractivity contribution in [3.8, 4) is 22.3 Å². The molecule has 2 aliphatic carbocycles. The Balaban J connectivity index is 1.45. The zero-order chi connectivity index (χ0) is 22.7. The predicted octanol–water partition coefficient (Wildman–Crippen LogP) is 6.73. The van der Waals surface area contributed by atoms with Crippen molar-refractivity contribution < 1.29 is 0 Å². The fourth-order valence-electron chi connectivity index (χ4n) is 6.47. The van der Waals surface area contributed by atoms with E-state index in [4.69, 9.17) is 9.97 Å². The summed E-state index contributed by atoms with van der Waals surface area (Å²) >= 11 is 0. The first-order valence-corrected chi connectivity index (χ1v) is 12.0. The topological polar surface area (TPSA) is 43.1 Å². The molecule has 0 fully saturated rings. The molecule has 0 spiro atoms. The smallest absolute Gasteiger partial charge is 0.164 e. The van der Waals surface area contributed by atoms with E-state index in [1.54, 1.807) is 0 Å². The second-order valence-electron chi connectivity index (χ2n) is 9.71. The highest BCUT2D eigenvalue weighted by Crippen LogP contribution is 2.48. The second kappa shape index (κ2) is 6.10. The van der Waals surface area contributed by atoms with Crippen LogP contribution in [0.25, 0.3) is 60.7 Å². The molecule has 0 atom stereocenters. The van der Waals surface area contributed by atoms with E-state index in [0.717, 1.165) is 40.6 Å². The molecule has 0 radical (unpaired) electrons. The van der Waals surface area contributed by atoms with Crippen molar-refractivity contribution in [3.05, 3.63) is 108 Å². The number of nitrogens with zero attached hydrogens (tertiary/aromatic N) is 4. The summed E-state index contributed by atoms with van der Waals surface area (Å²) in [7, 11) is 0. The van der Waals surface area contributed by atoms with Crippen LogP contribution in [-0.4, -0.2) is 19.4 Å². The molecule has 0 N–H and O–H groups in total. The van der Waals surface area contributed by atoms with Gasteiger partial charge >= 0.3 is 0 Å². The van der Waals surface area contributed by atoms with Gasteiger partial charge in [0, 0.05) is 29.4 Å². The Kier molecular flexibility index (Phi) is 3.11. The van der Waals surface area contributed by atoms with Crippen molar-refractivity contribution in [1.82, 2.24) is 19.4 Å². The summed E-state index contributed by atoms with van der Waals surface area (Å²) in [4.78, 5) is 14.3. The van der Waals surface area contributed by atoms with Crippen molar-refractivity contribution in [3.63, 3.8) is 0 Å². The zero-order valence-electron chi connectivity index (χ0n) is 18.8. The molecule has 0 unspecified atom stereocenters. The van der Waals surface area contributed by atoms with Crippen LogP contribution in [0.3, 0.4) is 0 Å². The van der Waals surface area contributed by atoms with Gasteiger partial charge in [0.2, 0.25) is 0 Å². The fourth-order valence-corrected chi connectivity index (χ4v) is 6.47. The van der Waals surface area contributed by atoms with Crippen molar-refractivity contribution >= 4 is 38.5 Å². The monoisotopic (exact) mass is 446 g/mol. The van der Waals surface area contributed by atoms with Gasteiger partial charge in [-0.25, -0.2) is 9.97 Å². The van der Waals surface area contributed by atoms with Crippen LogP contribution in [0, 0.1) is 0 Å². The minimum absolute atomic E-state index is 0.890. The maximum Gasteiger partial charge on any atom is 0.164 e. The van der Waals surface area contributed by atoms with Crippen molar-refractivity contribution in [2.24, 2.45) is 0 Å². The molecule has 7 aromatic rings. The first kappa shape index (κ1) is 17.8. The van der Waals surface area contributed by atoms with Crippen LogP contribution in [0.4, 0.5) is 0 Å². The SMILES string of the molecule is c1ccc2c(c1)Cc1cc3c(cc1-2)Cc1ccc2c4cnccc4n4c5ncccc5nc4c2c1-3. The summed E-state index contributed by atoms with van der Waals surface area (Å²) < 4.78 is 2.22. The van der Waals surface area contributed by atoms with Crippen LogP contribution < -0.4 is 0 Å². The Morgan fingerprint density at radius 3 is 2.54 bits per heavy atom. The normalized spacial score (nSPS) is 13.5. The molecule has 2 aliphatic rings. The number of hydrogen-bond donors (Lipinski definition) is 0. The Bertz CT molecular complexity index is 2070. The van der Waals surface area contributed by atoms with Gasteiger partial charge in [0.05, 0.1) is 5.52 Å². The van der Waals surface area contributed by atoms with Crippen LogP contribution in [0.2, 0.25) is 0 Å². The number of benzene rings is 3. The molecular weight excluding hydrogens is 428 g/mol. The standard InChI is InChI=1S/C31H18N4/c1-2-5-21-17(4-1)12-19-15-24-20(14-23(19)21)13-18-7-8-22-25-16-32-11-9-27(25)35-30-26(6-3-10-33-30)34-31(35)29(22)28(18)24/h1-11,14-16H,12-13H2. The molecular formula is C31H18N4. The van der Waals surface area contributed by atoms with E-state index in [2.05, 4.69) is 70.0 Å². The fraction of sp³-hybridized carbons (Fsp3) is 0.0645. The average Bonchev–Trinajstić information content (AvgIpc) is 3.58. The Morgan fingerprint density at radius 2 is 1.54 bits per heavy atom. The maximum atomic E-state index is 5.13. The van der Waals surface area contributed by atoms with Gasteiger partial charge in [-0.2, -0.15) is 0 Å². The molecule has 4 heterocycles. The Labute approximate surface area is 200 Å². The summed E-state index contributed by atoms with van der Waals surface area (Å²) in [6.45, 7) is 0. The van der Waals surface area contributed by atoms with Gasteiger partial charge < -0.3 is 0 Å². The van der Waals surface area contributed by atoms with E-state index < -0.39 is 0 Å². The third kappa shape index (κ3) is 2.15. The van der Waals surface area contributed by atoms with E-state index >= 15 is 0 Å². The number of imidazole rings is 1. The quantitative estimate of drug-likeness (QED) is 0.243. The molecule has 0 saturated carbocycles. The lowest BCUT2D eigenvalue weighted by molar-refractivity contribution is 1.23. The van der Waals surface area contributed by atoms with Gasteiger partial charge in [-0.15, -0.1) is 0 Å². The Morgan fingerprint density at radius 1 is 0.657 bits per heavy atom. The van der Waals surface area contributed by atoms with Gasteiger partial charge in [0.15, 0.2) is 5.65 Å². The van der Waals surface area contributed by atoms with Crippen molar-refractivity contribution in [1.29, 1.82) is 0 Å². The second-order valence-corrected chi connectivity index (χ2v) is 9.71. The molecule has 162 valence electrons. The van der Waals surface area contributed by atoms with E-state index in [0.29, 0.717) is 0 Å². The van der Waals surface area contributed by atoms with Gasteiger partial charge in [-0.05, 0) is 93.1 Å². The molecule has 4 nitrogen and oxygen atoms in total. The predicted molar refractivity (Wildman–Crippen MR) is 140 cm³/mol. The van der Waals surface area contributed by atoms with Gasteiger partial charge in [-0.3, -0.25) is 9.38 Å². The molecule has 0 bridgehead atoms. The summed E-state index contributed by atoms with van der Waals surface area (Å²) in [5.41, 5.74) is 14.9. The molecule has 35 heavy (non-hydrogen) atoms. The van der Waals surface area contributed by atoms with Crippen LogP contribution in [-0.2, 0) is 12.8 Å². The maximum absolute atomic E-state index is 5.13. The molecule has 0 aliphatic heterocycles. The highest BCUT2D eigenvalue weighted by atomic mass is 15.1. The van der Waals surface area contributed by atoms with E-state index in [-0.39, 0.29) is 0 Å². The van der Waals surface area contributed by atoms with Crippen LogP contribution >= 0.6 is 0 Å². The summed E-state index contributed by atoms with van der Waals surface area (Å²) in [6.07, 6.45) is 7.63. The molecule has 4 heteroatoms. The molecule has 0 saturated heterocycles. The number of hydrogen-bond acceptors (Lipinski definition) is 3. The number of pyridine rings is 3. The molecule has 0 amide bonds. The lowest BCUT2D eigenvalue weighted by Gasteiger charge is -2.13. The zero-order valence-corrected chi connectivity index (χ0v) is 18.8. The minimum atomic E-state index is 0.890. The summed E-state index contributed by atoms with van der Waals surface area (Å²) in [6, 6.07) is 24.4. The molecule has 4 aromatic heterocycles. The summed E-state index contributed by atoms with van der Waals surface area (Å²) in [5, 5.41) is 3.53. The Hall–Kier alpha value is -4.57. The first-order valence-electron chi connectivity index (χ1n) is 12.0. The molecule has 3 aromatic carbocycles. The summed E-state index contributed by atoms with van der Waals surface area (Å²) in [5.74, 6) is 0. The van der Waals surface area contributed by atoms with Crippen LogP contribution in [0.5, 0.6) is 0 Å². The third-order valence-electron chi connectivity index (χ3n) is 7.93. The highest BCUT2D eigenvalue weighted by Gasteiger charge is 2.28. The van der Waals surface area contributed by atoms with Gasteiger partial charge in [0.25, 0.3) is 0 Å². The number of fused-ring (bicyclic) bond motifs is 15. The van der Waals surface area contributed by atoms with Crippen molar-refractivity contribution in [2.75, 3.05) is 0 Å². The molecule has 9 rings (SSSR count). The minimum Gasteiger partial charge on any atom is -0.276 e. The lowest BCUT2D eigenvalue weighted by Crippen LogP contribution is -1.95. The van der Waals surface area contributed by atoms with Crippen LogP contribution in [0.1, 0.15) is 22.3 Å². The van der Waals surface area contributed by atoms with Gasteiger partial charge in [-0.1, -0.05) is 36.4 Å². The third-order valence-corrected chi connectivity index (χ3v) is 7.93. The number of aromatic nitrogens is 4. The van der Waals surface area contributed by atoms with Crippen molar-refractivity contribution in [2.45, 2.75) is 12.8 Å². The highest BCUT2D eigenvalue weighted by molar-refractivity contribution is 6.19. The van der Waals surface area contributed by atoms with E-state index in [1.165, 1.54) is 55.3 Å². The van der Waals surface area contributed by atoms with E-state index in [1.807, 2.05) is 24.7 Å². The van der Waals surface area contributed by atoms with Gasteiger partial charge in [0.1, 0.15) is 11.2 Å². The first-order chi connectivity index (χ1) is 17.3. The van der Waals surface area contributed by atoms with Crippen LogP contribution in [0.15, 0.2) is 85.3 Å². The van der Waals surface area contributed by atoms with E-state index in [9.17, 15) is 0 Å². The number of rotatable bonds is 0.